The number of rotatable bonds is 1. The first-order chi connectivity index (χ1) is 15.7. The molecule has 5 fully saturated rings. The maximum Gasteiger partial charge on any atom is 0.302 e. The first-order valence-electron chi connectivity index (χ1n) is 14.0. The van der Waals surface area contributed by atoms with Gasteiger partial charge in [-0.25, -0.2) is 0 Å². The Hall–Kier alpha value is -0.870. The highest BCUT2D eigenvalue weighted by molar-refractivity contribution is 5.66. The van der Waals surface area contributed by atoms with Crippen molar-refractivity contribution in [3.05, 3.63) is 11.6 Å². The van der Waals surface area contributed by atoms with Crippen molar-refractivity contribution < 1.29 is 14.3 Å². The highest BCUT2D eigenvalue weighted by atomic mass is 16.5. The Morgan fingerprint density at radius 1 is 1.12 bits per heavy atom. The largest absolute Gasteiger partial charge is 0.462 e. The molecule has 184 valence electrons. The van der Waals surface area contributed by atoms with Crippen LogP contribution in [0.5, 0.6) is 0 Å². The van der Waals surface area contributed by atoms with E-state index in [1.54, 1.807) is 12.5 Å². The second-order valence-corrected chi connectivity index (χ2v) is 13.4. The lowest BCUT2D eigenvalue weighted by Gasteiger charge is -2.58. The minimum Gasteiger partial charge on any atom is -0.462 e. The number of fused-ring (bicyclic) bond motifs is 7. The number of nitrogens with one attached hydrogen (secondary N) is 1. The summed E-state index contributed by atoms with van der Waals surface area (Å²) in [5, 5.41) is 3.88. The maximum atomic E-state index is 11.5. The van der Waals surface area contributed by atoms with E-state index in [9.17, 15) is 4.79 Å². The van der Waals surface area contributed by atoms with Crippen LogP contribution in [0.1, 0.15) is 92.4 Å². The predicted molar refractivity (Wildman–Crippen MR) is 129 cm³/mol. The van der Waals surface area contributed by atoms with E-state index in [-0.39, 0.29) is 17.8 Å². The van der Waals surface area contributed by atoms with Crippen LogP contribution in [0.25, 0.3) is 0 Å². The first kappa shape index (κ1) is 22.6. The fourth-order valence-electron chi connectivity index (χ4n) is 10.2. The van der Waals surface area contributed by atoms with Gasteiger partial charge in [0.25, 0.3) is 0 Å². The lowest BCUT2D eigenvalue weighted by molar-refractivity contribution is -0.148. The topological polar surface area (TPSA) is 47.6 Å². The van der Waals surface area contributed by atoms with Crippen LogP contribution < -0.4 is 5.32 Å². The zero-order chi connectivity index (χ0) is 23.2. The SMILES string of the molecule is CC(=O)O[C@H]1CC[C@@]2(C)C(=CC[C@H]3[C@@H]4C[C@@H]5OC6(CC[C@@H](C)CN6)[C@@H](C)[C@@H]5[C@@]4(C)CC[C@@H]32)C1. The van der Waals surface area contributed by atoms with Gasteiger partial charge in [-0.05, 0) is 91.8 Å². The van der Waals surface area contributed by atoms with Gasteiger partial charge in [0.1, 0.15) is 11.8 Å². The van der Waals surface area contributed by atoms with Gasteiger partial charge in [0, 0.05) is 25.8 Å². The molecule has 2 saturated heterocycles. The lowest BCUT2D eigenvalue weighted by Crippen LogP contribution is -2.57. The average molecular weight is 456 g/mol. The van der Waals surface area contributed by atoms with Crippen LogP contribution in [0.3, 0.4) is 0 Å². The molecule has 1 N–H and O–H groups in total. The number of allylic oxidation sites excluding steroid dienone is 1. The van der Waals surface area contributed by atoms with Crippen LogP contribution in [-0.4, -0.2) is 30.4 Å². The summed E-state index contributed by atoms with van der Waals surface area (Å²) in [4.78, 5) is 11.5. The Morgan fingerprint density at radius 2 is 1.94 bits per heavy atom. The fraction of sp³-hybridized carbons (Fsp3) is 0.897. The molecule has 4 nitrogen and oxygen atoms in total. The van der Waals surface area contributed by atoms with E-state index in [1.807, 2.05) is 0 Å². The van der Waals surface area contributed by atoms with Crippen LogP contribution >= 0.6 is 0 Å². The molecule has 0 radical (unpaired) electrons. The predicted octanol–water partition coefficient (Wildman–Crippen LogP) is 5.86. The molecule has 2 aliphatic heterocycles. The monoisotopic (exact) mass is 455 g/mol. The van der Waals surface area contributed by atoms with Gasteiger partial charge in [0.2, 0.25) is 0 Å². The summed E-state index contributed by atoms with van der Waals surface area (Å²) in [6, 6.07) is 0. The third kappa shape index (κ3) is 3.18. The minimum absolute atomic E-state index is 0.0621. The summed E-state index contributed by atoms with van der Waals surface area (Å²) >= 11 is 0. The van der Waals surface area contributed by atoms with Gasteiger partial charge < -0.3 is 9.47 Å². The molecular formula is C29H45NO3. The molecule has 4 heteroatoms. The van der Waals surface area contributed by atoms with Crippen LogP contribution in [0.2, 0.25) is 0 Å². The van der Waals surface area contributed by atoms with Gasteiger partial charge in [-0.1, -0.05) is 39.3 Å². The second-order valence-electron chi connectivity index (χ2n) is 13.4. The van der Waals surface area contributed by atoms with Gasteiger partial charge in [0.05, 0.1) is 6.10 Å². The van der Waals surface area contributed by atoms with Crippen LogP contribution in [0.15, 0.2) is 11.6 Å². The Kier molecular flexibility index (Phi) is 5.18. The van der Waals surface area contributed by atoms with Crippen LogP contribution in [-0.2, 0) is 14.3 Å². The minimum atomic E-state index is -0.127. The summed E-state index contributed by atoms with van der Waals surface area (Å²) in [6.07, 6.45) is 13.9. The number of piperidine rings is 1. The summed E-state index contributed by atoms with van der Waals surface area (Å²) in [5.41, 5.74) is 2.24. The normalized spacial score (nSPS) is 55.2. The Morgan fingerprint density at radius 3 is 2.67 bits per heavy atom. The number of carbonyl (C=O) groups is 1. The first-order valence-corrected chi connectivity index (χ1v) is 14.0. The molecule has 0 aromatic rings. The van der Waals surface area contributed by atoms with Crippen molar-refractivity contribution in [2.24, 2.45) is 46.3 Å². The number of carbonyl (C=O) groups excluding carboxylic acids is 1. The molecule has 33 heavy (non-hydrogen) atoms. The average Bonchev–Trinajstić information content (AvgIpc) is 3.21. The maximum absolute atomic E-state index is 11.5. The zero-order valence-corrected chi connectivity index (χ0v) is 21.5. The molecule has 2 heterocycles. The lowest BCUT2D eigenvalue weighted by atomic mass is 9.47. The number of ether oxygens (including phenoxy) is 2. The van der Waals surface area contributed by atoms with E-state index < -0.39 is 0 Å². The molecule has 3 saturated carbocycles. The molecule has 11 atom stereocenters. The van der Waals surface area contributed by atoms with Crippen molar-refractivity contribution in [3.8, 4) is 0 Å². The standard InChI is InChI=1S/C29H45NO3/c1-17-8-13-29(30-16-17)18(2)26-25(33-29)15-24-22-7-6-20-14-21(32-19(3)31)9-11-27(20,4)23(22)10-12-28(24,26)5/h6,17-18,21-26,30H,7-16H2,1-5H3/t17-,18+,21+,22-,23+,24+,25+,26+,27+,28+,29?/m1/s1. The van der Waals surface area contributed by atoms with Crippen molar-refractivity contribution in [1.29, 1.82) is 0 Å². The fourth-order valence-corrected chi connectivity index (χ4v) is 10.2. The highest BCUT2D eigenvalue weighted by Gasteiger charge is 2.68. The van der Waals surface area contributed by atoms with Gasteiger partial charge in [-0.3, -0.25) is 10.1 Å². The molecule has 6 aliphatic rings. The number of esters is 1. The van der Waals surface area contributed by atoms with Gasteiger partial charge in [-0.15, -0.1) is 0 Å². The third-order valence-electron chi connectivity index (χ3n) is 11.9. The summed E-state index contributed by atoms with van der Waals surface area (Å²) < 4.78 is 12.6. The third-order valence-corrected chi connectivity index (χ3v) is 11.9. The number of hydrogen-bond acceptors (Lipinski definition) is 4. The van der Waals surface area contributed by atoms with Crippen molar-refractivity contribution >= 4 is 5.97 Å². The summed E-state index contributed by atoms with van der Waals surface area (Å²) in [7, 11) is 0. The molecule has 1 spiro atoms. The van der Waals surface area contributed by atoms with E-state index in [2.05, 4.69) is 39.1 Å². The van der Waals surface area contributed by atoms with Gasteiger partial charge >= 0.3 is 5.97 Å². The molecule has 6 rings (SSSR count). The zero-order valence-electron chi connectivity index (χ0n) is 21.5. The molecule has 1 unspecified atom stereocenters. The van der Waals surface area contributed by atoms with Gasteiger partial charge in [0.15, 0.2) is 0 Å². The van der Waals surface area contributed by atoms with Crippen molar-refractivity contribution in [1.82, 2.24) is 5.32 Å². The van der Waals surface area contributed by atoms with Crippen molar-refractivity contribution in [2.45, 2.75) is 110 Å². The van der Waals surface area contributed by atoms with Crippen molar-refractivity contribution in [2.75, 3.05) is 6.54 Å². The van der Waals surface area contributed by atoms with Crippen LogP contribution in [0, 0.1) is 46.3 Å². The molecule has 0 amide bonds. The Labute approximate surface area is 200 Å². The molecule has 0 bridgehead atoms. The van der Waals surface area contributed by atoms with E-state index in [0.29, 0.717) is 28.8 Å². The molecular weight excluding hydrogens is 410 g/mol. The summed E-state index contributed by atoms with van der Waals surface area (Å²) in [6.45, 7) is 12.7. The molecule has 4 aliphatic carbocycles. The molecule has 0 aromatic heterocycles. The smallest absolute Gasteiger partial charge is 0.302 e. The van der Waals surface area contributed by atoms with E-state index in [0.717, 1.165) is 43.1 Å². The second kappa shape index (κ2) is 7.56. The van der Waals surface area contributed by atoms with Crippen molar-refractivity contribution in [3.63, 3.8) is 0 Å². The Bertz CT molecular complexity index is 844. The van der Waals surface area contributed by atoms with Gasteiger partial charge in [-0.2, -0.15) is 0 Å². The van der Waals surface area contributed by atoms with Crippen LogP contribution in [0.4, 0.5) is 0 Å². The van der Waals surface area contributed by atoms with E-state index in [1.165, 1.54) is 44.9 Å². The summed E-state index contributed by atoms with van der Waals surface area (Å²) in [5.74, 6) is 4.30. The quantitative estimate of drug-likeness (QED) is 0.397. The van der Waals surface area contributed by atoms with E-state index >= 15 is 0 Å². The Balaban J connectivity index is 1.24. The highest BCUT2D eigenvalue weighted by Crippen LogP contribution is 2.70. The molecule has 0 aromatic carbocycles. The van der Waals surface area contributed by atoms with E-state index in [4.69, 9.17) is 9.47 Å². The number of hydrogen-bond donors (Lipinski definition) is 1.